The monoisotopic (exact) mass is 720 g/mol. The van der Waals surface area contributed by atoms with Crippen molar-refractivity contribution >= 4 is 23.7 Å². The third kappa shape index (κ3) is 17.0. The van der Waals surface area contributed by atoms with Crippen molar-refractivity contribution in [3.63, 3.8) is 0 Å². The molecule has 0 aliphatic carbocycles. The highest BCUT2D eigenvalue weighted by atomic mass is 16.7. The summed E-state index contributed by atoms with van der Waals surface area (Å²) in [5, 5.41) is 31.0. The number of benzene rings is 4. The van der Waals surface area contributed by atoms with E-state index in [1.807, 2.05) is 48.5 Å². The maximum Gasteiger partial charge on any atom is 0.188 e. The predicted octanol–water partition coefficient (Wildman–Crippen LogP) is 8.90. The molecule has 53 heavy (non-hydrogen) atoms. The fourth-order valence-electron chi connectivity index (χ4n) is 5.98. The lowest BCUT2D eigenvalue weighted by Gasteiger charge is -2.17. The molecular weight excluding hydrogens is 664 g/mol. The van der Waals surface area contributed by atoms with Crippen molar-refractivity contribution in [2.75, 3.05) is 13.9 Å². The van der Waals surface area contributed by atoms with Crippen molar-refractivity contribution in [1.82, 2.24) is 0 Å². The second-order valence-electron chi connectivity index (χ2n) is 13.3. The van der Waals surface area contributed by atoms with Crippen LogP contribution in [0.15, 0.2) is 109 Å². The molecule has 4 aromatic carbocycles. The van der Waals surface area contributed by atoms with E-state index >= 15 is 0 Å². The summed E-state index contributed by atoms with van der Waals surface area (Å²) in [5.74, 6) is 0.774. The maximum absolute atomic E-state index is 11.3. The molecule has 4 aromatic rings. The highest BCUT2D eigenvalue weighted by molar-refractivity contribution is 5.92. The van der Waals surface area contributed by atoms with E-state index < -0.39 is 12.2 Å². The first kappa shape index (κ1) is 42.6. The normalized spacial score (nSPS) is 12.3. The Labute approximate surface area is 315 Å². The van der Waals surface area contributed by atoms with Crippen LogP contribution in [0.3, 0.4) is 0 Å². The minimum atomic E-state index is -0.506. The summed E-state index contributed by atoms with van der Waals surface area (Å²) in [6.45, 7) is 3.14. The molecule has 3 N–H and O–H groups in total. The number of aromatic hydroxyl groups is 1. The third-order valence-corrected chi connectivity index (χ3v) is 8.76. The highest BCUT2D eigenvalue weighted by Crippen LogP contribution is 2.27. The number of hydrogen-bond donors (Lipinski definition) is 3. The van der Waals surface area contributed by atoms with Gasteiger partial charge in [-0.3, -0.25) is 9.59 Å². The highest BCUT2D eigenvalue weighted by Gasteiger charge is 2.15. The fourth-order valence-corrected chi connectivity index (χ4v) is 5.98. The van der Waals surface area contributed by atoms with Crippen LogP contribution in [0.4, 0.5) is 0 Å². The molecule has 2 atom stereocenters. The Morgan fingerprint density at radius 2 is 1.09 bits per heavy atom. The SMILES string of the molecule is CC(=O)/C=C/c1cccc(O)c1C[C@@H](O)CCCCc1ccccc1.COCOc1cccc(/C=C/C(C)=O)c1C[C@@H](O)CCCCc1ccccc1. The number of aliphatic hydroxyl groups excluding tert-OH is 2. The van der Waals surface area contributed by atoms with Gasteiger partial charge in [0.05, 0.1) is 12.2 Å². The fraction of sp³-hybridized carbons (Fsp3) is 0.348. The number of carbonyl (C=O) groups is 2. The van der Waals surface area contributed by atoms with Crippen LogP contribution in [0.1, 0.15) is 85.8 Å². The van der Waals surface area contributed by atoms with Gasteiger partial charge in [-0.25, -0.2) is 0 Å². The summed E-state index contributed by atoms with van der Waals surface area (Å²) in [7, 11) is 1.57. The smallest absolute Gasteiger partial charge is 0.188 e. The van der Waals surface area contributed by atoms with Gasteiger partial charge in [0.2, 0.25) is 0 Å². The summed E-state index contributed by atoms with van der Waals surface area (Å²) in [5.41, 5.74) is 5.88. The molecule has 0 radical (unpaired) electrons. The molecule has 0 unspecified atom stereocenters. The van der Waals surface area contributed by atoms with E-state index in [1.54, 1.807) is 31.4 Å². The quantitative estimate of drug-likeness (QED) is 0.0448. The van der Waals surface area contributed by atoms with Gasteiger partial charge in [0, 0.05) is 31.1 Å². The van der Waals surface area contributed by atoms with Gasteiger partial charge < -0.3 is 24.8 Å². The van der Waals surface area contributed by atoms with Gasteiger partial charge in [0.15, 0.2) is 18.4 Å². The molecule has 0 aromatic heterocycles. The summed E-state index contributed by atoms with van der Waals surface area (Å²) in [4.78, 5) is 22.4. The molecule has 0 aliphatic heterocycles. The van der Waals surface area contributed by atoms with Gasteiger partial charge in [-0.1, -0.05) is 110 Å². The molecule has 4 rings (SSSR count). The van der Waals surface area contributed by atoms with Crippen molar-refractivity contribution in [1.29, 1.82) is 0 Å². The van der Waals surface area contributed by atoms with Gasteiger partial charge in [-0.2, -0.15) is 0 Å². The van der Waals surface area contributed by atoms with Crippen molar-refractivity contribution < 1.29 is 34.4 Å². The van der Waals surface area contributed by atoms with Crippen LogP contribution in [0.2, 0.25) is 0 Å². The lowest BCUT2D eigenvalue weighted by Crippen LogP contribution is -2.13. The molecule has 0 spiro atoms. The number of unbranched alkanes of at least 4 members (excludes halogenated alkanes) is 2. The first-order chi connectivity index (χ1) is 25.7. The number of methoxy groups -OCH3 is 1. The molecule has 0 amide bonds. The van der Waals surface area contributed by atoms with Crippen LogP contribution in [-0.2, 0) is 40.0 Å². The zero-order chi connectivity index (χ0) is 38.3. The predicted molar refractivity (Wildman–Crippen MR) is 214 cm³/mol. The Kier molecular flexibility index (Phi) is 19.6. The molecule has 0 bridgehead atoms. The van der Waals surface area contributed by atoms with Crippen LogP contribution >= 0.6 is 0 Å². The topological polar surface area (TPSA) is 113 Å². The van der Waals surface area contributed by atoms with E-state index in [0.29, 0.717) is 30.6 Å². The molecule has 282 valence electrons. The van der Waals surface area contributed by atoms with Crippen molar-refractivity contribution in [2.45, 2.75) is 90.3 Å². The van der Waals surface area contributed by atoms with E-state index in [4.69, 9.17) is 9.47 Å². The van der Waals surface area contributed by atoms with Gasteiger partial charge in [0.25, 0.3) is 0 Å². The van der Waals surface area contributed by atoms with Crippen molar-refractivity contribution in [2.24, 2.45) is 0 Å². The van der Waals surface area contributed by atoms with Crippen LogP contribution in [0, 0.1) is 0 Å². The summed E-state index contributed by atoms with van der Waals surface area (Å²) in [6, 6.07) is 31.6. The lowest BCUT2D eigenvalue weighted by molar-refractivity contribution is -0.113. The van der Waals surface area contributed by atoms with Crippen LogP contribution in [0.5, 0.6) is 11.5 Å². The molecule has 0 saturated carbocycles. The Morgan fingerprint density at radius 1 is 0.623 bits per heavy atom. The number of hydrogen-bond acceptors (Lipinski definition) is 7. The number of ether oxygens (including phenoxy) is 2. The van der Waals surface area contributed by atoms with E-state index in [-0.39, 0.29) is 24.1 Å². The first-order valence-electron chi connectivity index (χ1n) is 18.5. The van der Waals surface area contributed by atoms with E-state index in [0.717, 1.165) is 61.6 Å². The number of phenolic OH excluding ortho intramolecular Hbond substituents is 1. The Morgan fingerprint density at radius 3 is 1.58 bits per heavy atom. The van der Waals surface area contributed by atoms with Crippen molar-refractivity contribution in [3.05, 3.63) is 143 Å². The number of phenols is 1. The van der Waals surface area contributed by atoms with Gasteiger partial charge in [-0.15, -0.1) is 0 Å². The Balaban J connectivity index is 0.000000287. The van der Waals surface area contributed by atoms with Crippen molar-refractivity contribution in [3.8, 4) is 11.5 Å². The van der Waals surface area contributed by atoms with Crippen LogP contribution in [0.25, 0.3) is 12.2 Å². The number of ketones is 2. The minimum absolute atomic E-state index is 0.0179. The Bertz CT molecular complexity index is 1710. The summed E-state index contributed by atoms with van der Waals surface area (Å²) in [6.07, 6.45) is 13.8. The molecule has 0 fully saturated rings. The average molecular weight is 721 g/mol. The standard InChI is InChI=1S/C24H30O4.C22H26O3/c1-19(25)15-16-21-12-8-14-24(28-18-27-2)23(21)17-22(26)13-7-6-11-20-9-4-3-5-10-20;1-17(23)14-15-19-11-7-13-22(25)21(19)16-20(24)12-6-5-10-18-8-3-2-4-9-18/h3-5,8-10,12,14-16,22,26H,6-7,11,13,17-18H2,1-2H3;2-4,7-9,11,13-15,20,24-25H,5-6,10,12,16H2,1H3/b16-15+;15-14+/t22-;20-/m00/s1. The van der Waals surface area contributed by atoms with Gasteiger partial charge in [0.1, 0.15) is 11.5 Å². The number of aliphatic hydroxyl groups is 2. The second-order valence-corrected chi connectivity index (χ2v) is 13.3. The Hall–Kier alpha value is -4.82. The summed E-state index contributed by atoms with van der Waals surface area (Å²) >= 11 is 0. The van der Waals surface area contributed by atoms with Gasteiger partial charge in [-0.05, 0) is 98.9 Å². The molecule has 7 nitrogen and oxygen atoms in total. The van der Waals surface area contributed by atoms with E-state index in [9.17, 15) is 24.9 Å². The number of allylic oxidation sites excluding steroid dienone is 2. The summed E-state index contributed by atoms with van der Waals surface area (Å²) < 4.78 is 10.7. The number of carbonyl (C=O) groups excluding carboxylic acids is 2. The molecule has 0 saturated heterocycles. The minimum Gasteiger partial charge on any atom is -0.508 e. The lowest BCUT2D eigenvalue weighted by atomic mass is 9.96. The van der Waals surface area contributed by atoms with E-state index in [1.165, 1.54) is 37.1 Å². The van der Waals surface area contributed by atoms with Crippen LogP contribution in [-0.4, -0.2) is 53.0 Å². The zero-order valence-electron chi connectivity index (χ0n) is 31.5. The average Bonchev–Trinajstić information content (AvgIpc) is 3.15. The molecular formula is C46H56O7. The number of aryl methyl sites for hydroxylation is 2. The van der Waals surface area contributed by atoms with E-state index in [2.05, 4.69) is 36.4 Å². The molecule has 0 aliphatic rings. The zero-order valence-corrected chi connectivity index (χ0v) is 31.5. The van der Waals surface area contributed by atoms with Crippen LogP contribution < -0.4 is 4.74 Å². The molecule has 0 heterocycles. The molecule has 7 heteroatoms. The largest absolute Gasteiger partial charge is 0.508 e. The van der Waals surface area contributed by atoms with Gasteiger partial charge >= 0.3 is 0 Å². The third-order valence-electron chi connectivity index (χ3n) is 8.76. The maximum atomic E-state index is 11.3. The number of rotatable bonds is 21. The second kappa shape index (κ2) is 24.4. The first-order valence-corrected chi connectivity index (χ1v) is 18.5.